The molecule has 0 bridgehead atoms. The molecule has 0 aliphatic rings. The number of carbonyl (C=O) groups is 1. The predicted octanol–water partition coefficient (Wildman–Crippen LogP) is 1.73. The summed E-state index contributed by atoms with van der Waals surface area (Å²) in [6.45, 7) is 0.911. The molecule has 1 aromatic rings. The fraction of sp³-hybridized carbons (Fsp3) is 0.364. The van der Waals surface area contributed by atoms with Crippen molar-refractivity contribution < 1.29 is 14.6 Å². The highest BCUT2D eigenvalue weighted by Gasteiger charge is 2.11. The minimum absolute atomic E-state index is 0.0337. The van der Waals surface area contributed by atoms with Crippen LogP contribution in [0.4, 0.5) is 0 Å². The minimum Gasteiger partial charge on any atom is -0.394 e. The van der Waals surface area contributed by atoms with Gasteiger partial charge in [-0.2, -0.15) is 0 Å². The quantitative estimate of drug-likeness (QED) is 0.779. The molecule has 0 radical (unpaired) electrons. The molecule has 2 N–H and O–H groups in total. The van der Waals surface area contributed by atoms with Gasteiger partial charge in [-0.1, -0.05) is 29.3 Å². The maximum atomic E-state index is 11.7. The predicted molar refractivity (Wildman–Crippen MR) is 66.7 cm³/mol. The first-order valence-electron chi connectivity index (χ1n) is 5.07. The number of amides is 1. The lowest BCUT2D eigenvalue weighted by Gasteiger charge is -2.07. The molecule has 94 valence electrons. The van der Waals surface area contributed by atoms with E-state index in [4.69, 9.17) is 33.0 Å². The molecule has 0 spiro atoms. The Labute approximate surface area is 109 Å². The van der Waals surface area contributed by atoms with Crippen LogP contribution < -0.4 is 5.32 Å². The van der Waals surface area contributed by atoms with Crippen molar-refractivity contribution in [3.63, 3.8) is 0 Å². The minimum atomic E-state index is -0.301. The Morgan fingerprint density at radius 2 is 2.12 bits per heavy atom. The van der Waals surface area contributed by atoms with Crippen LogP contribution in [0.25, 0.3) is 0 Å². The molecule has 0 atom stereocenters. The van der Waals surface area contributed by atoms with Gasteiger partial charge in [-0.25, -0.2) is 0 Å². The Kier molecular flexibility index (Phi) is 6.29. The van der Waals surface area contributed by atoms with Gasteiger partial charge in [0, 0.05) is 6.54 Å². The molecular weight excluding hydrogens is 265 g/mol. The topological polar surface area (TPSA) is 58.6 Å². The first-order valence-corrected chi connectivity index (χ1v) is 5.83. The third kappa shape index (κ3) is 4.52. The lowest BCUT2D eigenvalue weighted by molar-refractivity contribution is 0.0838. The lowest BCUT2D eigenvalue weighted by atomic mass is 10.2. The van der Waals surface area contributed by atoms with Gasteiger partial charge in [0.05, 0.1) is 35.4 Å². The molecule has 0 aliphatic heterocycles. The third-order valence-corrected chi connectivity index (χ3v) is 2.78. The number of hydrogen-bond donors (Lipinski definition) is 2. The van der Waals surface area contributed by atoms with Crippen LogP contribution in [0.3, 0.4) is 0 Å². The van der Waals surface area contributed by atoms with E-state index in [1.165, 1.54) is 0 Å². The second kappa shape index (κ2) is 7.50. The molecule has 1 amide bonds. The normalized spacial score (nSPS) is 10.3. The van der Waals surface area contributed by atoms with Crippen LogP contribution in [-0.2, 0) is 4.74 Å². The fourth-order valence-electron chi connectivity index (χ4n) is 1.18. The number of hydrogen-bond acceptors (Lipinski definition) is 3. The summed E-state index contributed by atoms with van der Waals surface area (Å²) >= 11 is 11.7. The Morgan fingerprint density at radius 1 is 1.35 bits per heavy atom. The van der Waals surface area contributed by atoms with Crippen molar-refractivity contribution in [2.75, 3.05) is 26.4 Å². The van der Waals surface area contributed by atoms with Crippen LogP contribution in [0.15, 0.2) is 18.2 Å². The number of rotatable bonds is 6. The highest BCUT2D eigenvalue weighted by Crippen LogP contribution is 2.25. The molecular formula is C11H13Cl2NO3. The van der Waals surface area contributed by atoms with Crippen molar-refractivity contribution in [1.29, 1.82) is 0 Å². The average Bonchev–Trinajstić information content (AvgIpc) is 2.32. The van der Waals surface area contributed by atoms with E-state index >= 15 is 0 Å². The first-order chi connectivity index (χ1) is 8.16. The maximum absolute atomic E-state index is 11.7. The smallest absolute Gasteiger partial charge is 0.252 e. The fourth-order valence-corrected chi connectivity index (χ4v) is 1.56. The molecule has 6 heteroatoms. The number of carbonyl (C=O) groups excluding carboxylic acids is 1. The van der Waals surface area contributed by atoms with Gasteiger partial charge in [-0.15, -0.1) is 0 Å². The maximum Gasteiger partial charge on any atom is 0.252 e. The summed E-state index contributed by atoms with van der Waals surface area (Å²) in [6.07, 6.45) is 0. The zero-order valence-corrected chi connectivity index (χ0v) is 10.6. The molecule has 4 nitrogen and oxygen atoms in total. The van der Waals surface area contributed by atoms with Gasteiger partial charge in [0.2, 0.25) is 0 Å². The summed E-state index contributed by atoms with van der Waals surface area (Å²) in [6, 6.07) is 4.87. The summed E-state index contributed by atoms with van der Waals surface area (Å²) in [5.41, 5.74) is 0.335. The van der Waals surface area contributed by atoms with E-state index in [1.807, 2.05) is 0 Å². The number of nitrogens with one attached hydrogen (secondary N) is 1. The van der Waals surface area contributed by atoms with E-state index < -0.39 is 0 Å². The van der Waals surface area contributed by atoms with Crippen LogP contribution in [0.2, 0.25) is 10.0 Å². The van der Waals surface area contributed by atoms with Gasteiger partial charge in [-0.3, -0.25) is 4.79 Å². The van der Waals surface area contributed by atoms with Crippen molar-refractivity contribution in [3.8, 4) is 0 Å². The summed E-state index contributed by atoms with van der Waals surface area (Å²) in [4.78, 5) is 11.7. The lowest BCUT2D eigenvalue weighted by Crippen LogP contribution is -2.27. The summed E-state index contributed by atoms with van der Waals surface area (Å²) in [5, 5.41) is 11.7. The van der Waals surface area contributed by atoms with E-state index in [0.717, 1.165) is 0 Å². The number of ether oxygens (including phenoxy) is 1. The van der Waals surface area contributed by atoms with Gasteiger partial charge < -0.3 is 15.2 Å². The zero-order chi connectivity index (χ0) is 12.7. The molecule has 0 saturated heterocycles. The Morgan fingerprint density at radius 3 is 2.82 bits per heavy atom. The van der Waals surface area contributed by atoms with Crippen molar-refractivity contribution in [3.05, 3.63) is 33.8 Å². The van der Waals surface area contributed by atoms with Gasteiger partial charge in [-0.05, 0) is 12.1 Å². The molecule has 0 unspecified atom stereocenters. The number of halogens is 2. The summed E-state index contributed by atoms with van der Waals surface area (Å²) in [7, 11) is 0. The molecule has 0 saturated carbocycles. The van der Waals surface area contributed by atoms with Gasteiger partial charge in [0.25, 0.3) is 5.91 Å². The van der Waals surface area contributed by atoms with Crippen LogP contribution >= 0.6 is 23.2 Å². The molecule has 1 aromatic carbocycles. The molecule has 0 aromatic heterocycles. The van der Waals surface area contributed by atoms with Crippen molar-refractivity contribution in [2.24, 2.45) is 0 Å². The van der Waals surface area contributed by atoms with Gasteiger partial charge in [0.15, 0.2) is 0 Å². The van der Waals surface area contributed by atoms with E-state index in [2.05, 4.69) is 5.32 Å². The van der Waals surface area contributed by atoms with Crippen LogP contribution in [0.5, 0.6) is 0 Å². The highest BCUT2D eigenvalue weighted by atomic mass is 35.5. The first kappa shape index (κ1) is 14.3. The third-order valence-electron chi connectivity index (χ3n) is 1.96. The van der Waals surface area contributed by atoms with Crippen molar-refractivity contribution in [2.45, 2.75) is 0 Å². The van der Waals surface area contributed by atoms with E-state index in [0.29, 0.717) is 23.7 Å². The molecule has 0 fully saturated rings. The van der Waals surface area contributed by atoms with E-state index in [9.17, 15) is 4.79 Å². The number of aliphatic hydroxyl groups excluding tert-OH is 1. The monoisotopic (exact) mass is 277 g/mol. The number of aliphatic hydroxyl groups is 1. The Balaban J connectivity index is 2.44. The zero-order valence-electron chi connectivity index (χ0n) is 9.08. The van der Waals surface area contributed by atoms with Gasteiger partial charge in [0.1, 0.15) is 0 Å². The van der Waals surface area contributed by atoms with Crippen LogP contribution in [0, 0.1) is 0 Å². The van der Waals surface area contributed by atoms with E-state index in [-0.39, 0.29) is 24.1 Å². The molecule has 1 rings (SSSR count). The molecule has 17 heavy (non-hydrogen) atoms. The Bertz CT molecular complexity index is 385. The molecule has 0 heterocycles. The second-order valence-corrected chi connectivity index (χ2v) is 3.98. The standard InChI is InChI=1S/C11H13Cl2NO3/c12-9-3-1-2-8(10(9)13)11(16)14-4-6-17-7-5-15/h1-3,15H,4-7H2,(H,14,16). The van der Waals surface area contributed by atoms with Crippen LogP contribution in [0.1, 0.15) is 10.4 Å². The van der Waals surface area contributed by atoms with Crippen molar-refractivity contribution >= 4 is 29.1 Å². The second-order valence-electron chi connectivity index (χ2n) is 3.19. The largest absolute Gasteiger partial charge is 0.394 e. The number of benzene rings is 1. The highest BCUT2D eigenvalue weighted by molar-refractivity contribution is 6.43. The summed E-state index contributed by atoms with van der Waals surface area (Å²) < 4.78 is 5.00. The molecule has 0 aliphatic carbocycles. The summed E-state index contributed by atoms with van der Waals surface area (Å²) in [5.74, 6) is -0.301. The Hall–Kier alpha value is -0.810. The van der Waals surface area contributed by atoms with Crippen LogP contribution in [-0.4, -0.2) is 37.4 Å². The van der Waals surface area contributed by atoms with E-state index in [1.54, 1.807) is 18.2 Å². The average molecular weight is 278 g/mol. The van der Waals surface area contributed by atoms with Gasteiger partial charge >= 0.3 is 0 Å². The van der Waals surface area contributed by atoms with Crippen molar-refractivity contribution in [1.82, 2.24) is 5.32 Å². The SMILES string of the molecule is O=C(NCCOCCO)c1cccc(Cl)c1Cl.